The largest absolute Gasteiger partial charge is 0.372 e. The molecule has 0 aliphatic heterocycles. The molecule has 1 heterocycles. The third kappa shape index (κ3) is 5.43. The topological polar surface area (TPSA) is 63.1 Å². The Kier molecular flexibility index (Phi) is 7.93. The Morgan fingerprint density at radius 3 is 2.30 bits per heavy atom. The number of hydrogen-bond donors (Lipinski definition) is 1. The van der Waals surface area contributed by atoms with Crippen molar-refractivity contribution in [2.75, 3.05) is 29.1 Å². The van der Waals surface area contributed by atoms with E-state index in [1.807, 2.05) is 28.8 Å². The molecule has 0 radical (unpaired) electrons. The quantitative estimate of drug-likeness (QED) is 0.414. The van der Waals surface area contributed by atoms with Crippen LogP contribution >= 0.6 is 27.7 Å². The van der Waals surface area contributed by atoms with Gasteiger partial charge in [0.15, 0.2) is 11.0 Å². The van der Waals surface area contributed by atoms with E-state index in [0.29, 0.717) is 0 Å². The van der Waals surface area contributed by atoms with Gasteiger partial charge in [-0.05, 0) is 69.3 Å². The van der Waals surface area contributed by atoms with Gasteiger partial charge in [0.2, 0.25) is 5.91 Å². The summed E-state index contributed by atoms with van der Waals surface area (Å²) in [5, 5.41) is 12.4. The molecular weight excluding hydrogens is 462 g/mol. The summed E-state index contributed by atoms with van der Waals surface area (Å²) in [6, 6.07) is 15.9. The zero-order valence-corrected chi connectivity index (χ0v) is 19.8. The van der Waals surface area contributed by atoms with Gasteiger partial charge in [-0.25, -0.2) is 0 Å². The van der Waals surface area contributed by atoms with Crippen LogP contribution in [0, 0.1) is 0 Å². The van der Waals surface area contributed by atoms with Gasteiger partial charge >= 0.3 is 0 Å². The fraction of sp³-hybridized carbons (Fsp3) is 0.318. The van der Waals surface area contributed by atoms with E-state index in [1.165, 1.54) is 17.4 Å². The van der Waals surface area contributed by atoms with Gasteiger partial charge in [0.05, 0.1) is 5.75 Å². The molecule has 0 unspecified atom stereocenters. The predicted octanol–water partition coefficient (Wildman–Crippen LogP) is 5.30. The fourth-order valence-electron chi connectivity index (χ4n) is 3.16. The molecule has 0 saturated heterocycles. The lowest BCUT2D eigenvalue weighted by atomic mass is 10.2. The van der Waals surface area contributed by atoms with Crippen molar-refractivity contribution in [2.24, 2.45) is 0 Å². The zero-order chi connectivity index (χ0) is 21.5. The van der Waals surface area contributed by atoms with E-state index in [0.717, 1.165) is 46.3 Å². The normalized spacial score (nSPS) is 10.8. The molecule has 1 N–H and O–H groups in total. The number of halogens is 1. The van der Waals surface area contributed by atoms with E-state index in [2.05, 4.69) is 81.4 Å². The van der Waals surface area contributed by atoms with Crippen molar-refractivity contribution in [3.63, 3.8) is 0 Å². The number of hydrogen-bond acceptors (Lipinski definition) is 5. The molecule has 0 spiro atoms. The molecule has 0 atom stereocenters. The number of nitrogens with zero attached hydrogens (tertiary/aromatic N) is 4. The van der Waals surface area contributed by atoms with Crippen LogP contribution in [-0.4, -0.2) is 39.5 Å². The monoisotopic (exact) mass is 487 g/mol. The summed E-state index contributed by atoms with van der Waals surface area (Å²) in [4.78, 5) is 14.6. The number of amides is 1. The molecule has 0 fully saturated rings. The van der Waals surface area contributed by atoms with Crippen LogP contribution in [0.3, 0.4) is 0 Å². The number of aromatic nitrogens is 3. The van der Waals surface area contributed by atoms with Crippen LogP contribution in [0.2, 0.25) is 0 Å². The van der Waals surface area contributed by atoms with Crippen LogP contribution in [0.1, 0.15) is 20.8 Å². The van der Waals surface area contributed by atoms with Crippen molar-refractivity contribution in [2.45, 2.75) is 32.5 Å². The molecule has 0 aliphatic carbocycles. The summed E-state index contributed by atoms with van der Waals surface area (Å²) in [5.41, 5.74) is 2.99. The van der Waals surface area contributed by atoms with Crippen LogP contribution in [0.5, 0.6) is 0 Å². The van der Waals surface area contributed by atoms with E-state index in [4.69, 9.17) is 0 Å². The smallest absolute Gasteiger partial charge is 0.234 e. The minimum atomic E-state index is -0.0712. The highest BCUT2D eigenvalue weighted by Gasteiger charge is 2.15. The third-order valence-electron chi connectivity index (χ3n) is 4.75. The van der Waals surface area contributed by atoms with Crippen molar-refractivity contribution in [1.29, 1.82) is 0 Å². The molecule has 1 aromatic heterocycles. The third-order valence-corrected chi connectivity index (χ3v) is 6.24. The Hall–Kier alpha value is -2.32. The van der Waals surface area contributed by atoms with E-state index < -0.39 is 0 Å². The van der Waals surface area contributed by atoms with Gasteiger partial charge in [-0.15, -0.1) is 10.2 Å². The summed E-state index contributed by atoms with van der Waals surface area (Å²) >= 11 is 4.78. The molecule has 3 aromatic rings. The maximum atomic E-state index is 12.3. The van der Waals surface area contributed by atoms with Crippen LogP contribution < -0.4 is 10.2 Å². The molecule has 0 aliphatic rings. The number of thioether (sulfide) groups is 1. The van der Waals surface area contributed by atoms with Gasteiger partial charge in [0.1, 0.15) is 0 Å². The van der Waals surface area contributed by atoms with Crippen LogP contribution in [0.25, 0.3) is 11.4 Å². The highest BCUT2D eigenvalue weighted by atomic mass is 79.9. The van der Waals surface area contributed by atoms with Gasteiger partial charge in [-0.1, -0.05) is 27.7 Å². The number of benzene rings is 2. The zero-order valence-electron chi connectivity index (χ0n) is 17.4. The van der Waals surface area contributed by atoms with Gasteiger partial charge < -0.3 is 14.8 Å². The fourth-order valence-corrected chi connectivity index (χ4v) is 4.23. The second-order valence-electron chi connectivity index (χ2n) is 6.61. The Morgan fingerprint density at radius 2 is 1.70 bits per heavy atom. The van der Waals surface area contributed by atoms with Gasteiger partial charge in [0, 0.05) is 41.0 Å². The molecule has 2 aromatic carbocycles. The first-order valence-corrected chi connectivity index (χ1v) is 11.8. The molecule has 6 nitrogen and oxygen atoms in total. The first-order valence-electron chi connectivity index (χ1n) is 10.0. The summed E-state index contributed by atoms with van der Waals surface area (Å²) in [6.07, 6.45) is 0. The molecule has 30 heavy (non-hydrogen) atoms. The summed E-state index contributed by atoms with van der Waals surface area (Å²) in [6.45, 7) is 9.05. The number of carbonyl (C=O) groups is 1. The van der Waals surface area contributed by atoms with E-state index >= 15 is 0 Å². The SMILES string of the molecule is CCN(CC)c1ccc(-c2nnc(SCC(=O)Nc3ccc(Br)cc3)n2CC)cc1. The first-order chi connectivity index (χ1) is 14.5. The summed E-state index contributed by atoms with van der Waals surface area (Å²) in [7, 11) is 0. The van der Waals surface area contributed by atoms with E-state index in [1.54, 1.807) is 0 Å². The first kappa shape index (κ1) is 22.4. The average molecular weight is 488 g/mol. The molecule has 8 heteroatoms. The lowest BCUT2D eigenvalue weighted by Gasteiger charge is -2.21. The maximum absolute atomic E-state index is 12.3. The maximum Gasteiger partial charge on any atom is 0.234 e. The Bertz CT molecular complexity index is 968. The second kappa shape index (κ2) is 10.6. The molecule has 0 saturated carbocycles. The molecule has 158 valence electrons. The van der Waals surface area contributed by atoms with E-state index in [9.17, 15) is 4.79 Å². The Balaban J connectivity index is 1.68. The van der Waals surface area contributed by atoms with Crippen LogP contribution in [0.15, 0.2) is 58.2 Å². The van der Waals surface area contributed by atoms with Crippen molar-refractivity contribution >= 4 is 45.0 Å². The van der Waals surface area contributed by atoms with Crippen molar-refractivity contribution < 1.29 is 4.79 Å². The van der Waals surface area contributed by atoms with E-state index in [-0.39, 0.29) is 11.7 Å². The van der Waals surface area contributed by atoms with Crippen molar-refractivity contribution in [3.8, 4) is 11.4 Å². The highest BCUT2D eigenvalue weighted by Crippen LogP contribution is 2.26. The summed E-state index contributed by atoms with van der Waals surface area (Å²) < 4.78 is 3.02. The van der Waals surface area contributed by atoms with Gasteiger partial charge in [-0.3, -0.25) is 4.79 Å². The standard InChI is InChI=1S/C22H26BrN5OS/c1-4-27(5-2)19-13-7-16(8-14-19)21-25-26-22(28(21)6-3)30-15-20(29)24-18-11-9-17(23)10-12-18/h7-14H,4-6,15H2,1-3H3,(H,24,29). The second-order valence-corrected chi connectivity index (χ2v) is 8.47. The van der Waals surface area contributed by atoms with Crippen molar-refractivity contribution in [1.82, 2.24) is 14.8 Å². The number of rotatable bonds is 9. The Morgan fingerprint density at radius 1 is 1.03 bits per heavy atom. The molecular formula is C22H26BrN5OS. The highest BCUT2D eigenvalue weighted by molar-refractivity contribution is 9.10. The molecule has 3 rings (SSSR count). The number of anilines is 2. The minimum Gasteiger partial charge on any atom is -0.372 e. The molecule has 1 amide bonds. The number of carbonyl (C=O) groups excluding carboxylic acids is 1. The predicted molar refractivity (Wildman–Crippen MR) is 128 cm³/mol. The number of nitrogens with one attached hydrogen (secondary N) is 1. The molecule has 0 bridgehead atoms. The van der Waals surface area contributed by atoms with Gasteiger partial charge in [0.25, 0.3) is 0 Å². The Labute approximate surface area is 190 Å². The summed E-state index contributed by atoms with van der Waals surface area (Å²) in [5.74, 6) is 1.02. The van der Waals surface area contributed by atoms with Crippen molar-refractivity contribution in [3.05, 3.63) is 53.0 Å². The van der Waals surface area contributed by atoms with Crippen LogP contribution in [-0.2, 0) is 11.3 Å². The van der Waals surface area contributed by atoms with Crippen LogP contribution in [0.4, 0.5) is 11.4 Å². The average Bonchev–Trinajstić information content (AvgIpc) is 3.18. The lowest BCUT2D eigenvalue weighted by molar-refractivity contribution is -0.113. The lowest BCUT2D eigenvalue weighted by Crippen LogP contribution is -2.21. The minimum absolute atomic E-state index is 0.0712. The van der Waals surface area contributed by atoms with Gasteiger partial charge in [-0.2, -0.15) is 0 Å².